The number of likely N-dealkylation sites (tertiary alicyclic amines) is 1. The average Bonchev–Trinajstić information content (AvgIpc) is 2.45. The van der Waals surface area contributed by atoms with Crippen molar-refractivity contribution in [2.75, 3.05) is 30.7 Å². The average molecular weight is 281 g/mol. The van der Waals surface area contributed by atoms with Gasteiger partial charge in [-0.2, -0.15) is 0 Å². The summed E-state index contributed by atoms with van der Waals surface area (Å²) in [6.45, 7) is 3.44. The fourth-order valence-electron chi connectivity index (χ4n) is 2.30. The standard InChI is InChI=1S/C14H20FN3O2/c1-2-20-14(19)18-8-6-10(7-9-18)17-12-5-3-4-11(15)13(12)16/h3-5,10,17H,2,6-9,16H2,1H3. The molecule has 0 spiro atoms. The van der Waals surface area contributed by atoms with E-state index in [0.717, 1.165) is 12.8 Å². The Morgan fingerprint density at radius 2 is 2.20 bits per heavy atom. The van der Waals surface area contributed by atoms with Gasteiger partial charge in [0.05, 0.1) is 18.0 Å². The smallest absolute Gasteiger partial charge is 0.409 e. The number of nitrogens with one attached hydrogen (secondary N) is 1. The van der Waals surface area contributed by atoms with E-state index in [4.69, 9.17) is 10.5 Å². The first-order valence-electron chi connectivity index (χ1n) is 6.84. The van der Waals surface area contributed by atoms with Gasteiger partial charge < -0.3 is 20.7 Å². The van der Waals surface area contributed by atoms with Crippen LogP contribution in [0.4, 0.5) is 20.6 Å². The van der Waals surface area contributed by atoms with E-state index < -0.39 is 5.82 Å². The van der Waals surface area contributed by atoms with Crippen LogP contribution in [0.1, 0.15) is 19.8 Å². The summed E-state index contributed by atoms with van der Waals surface area (Å²) in [6, 6.07) is 4.91. The van der Waals surface area contributed by atoms with E-state index in [1.54, 1.807) is 24.0 Å². The van der Waals surface area contributed by atoms with Crippen LogP contribution in [0, 0.1) is 5.82 Å². The predicted molar refractivity (Wildman–Crippen MR) is 76.1 cm³/mol. The molecule has 1 heterocycles. The second-order valence-corrected chi connectivity index (χ2v) is 4.81. The van der Waals surface area contributed by atoms with Crippen molar-refractivity contribution in [1.29, 1.82) is 0 Å². The van der Waals surface area contributed by atoms with Gasteiger partial charge in [-0.25, -0.2) is 9.18 Å². The maximum Gasteiger partial charge on any atom is 0.409 e. The molecule has 2 rings (SSSR count). The van der Waals surface area contributed by atoms with Gasteiger partial charge >= 0.3 is 6.09 Å². The second kappa shape index (κ2) is 6.45. The molecule has 0 bridgehead atoms. The van der Waals surface area contributed by atoms with E-state index >= 15 is 0 Å². The topological polar surface area (TPSA) is 67.6 Å². The van der Waals surface area contributed by atoms with Gasteiger partial charge in [-0.15, -0.1) is 0 Å². The quantitative estimate of drug-likeness (QED) is 0.835. The fourth-order valence-corrected chi connectivity index (χ4v) is 2.30. The number of benzene rings is 1. The summed E-state index contributed by atoms with van der Waals surface area (Å²) >= 11 is 0. The van der Waals surface area contributed by atoms with Crippen LogP contribution < -0.4 is 11.1 Å². The van der Waals surface area contributed by atoms with Crippen molar-refractivity contribution in [3.8, 4) is 0 Å². The van der Waals surface area contributed by atoms with Crippen molar-refractivity contribution < 1.29 is 13.9 Å². The Bertz CT molecular complexity index is 473. The number of carbonyl (C=O) groups is 1. The number of hydrogen-bond donors (Lipinski definition) is 2. The van der Waals surface area contributed by atoms with Gasteiger partial charge in [-0.3, -0.25) is 0 Å². The fraction of sp³-hybridized carbons (Fsp3) is 0.500. The number of anilines is 2. The normalized spacial score (nSPS) is 16.0. The second-order valence-electron chi connectivity index (χ2n) is 4.81. The lowest BCUT2D eigenvalue weighted by atomic mass is 10.0. The number of nitrogens with zero attached hydrogens (tertiary/aromatic N) is 1. The minimum atomic E-state index is -0.418. The summed E-state index contributed by atoms with van der Waals surface area (Å²) in [5.74, 6) is -0.418. The highest BCUT2D eigenvalue weighted by molar-refractivity contribution is 5.68. The molecule has 0 saturated carbocycles. The van der Waals surface area contributed by atoms with Crippen LogP contribution in [0.25, 0.3) is 0 Å². The summed E-state index contributed by atoms with van der Waals surface area (Å²) in [5, 5.41) is 3.24. The molecule has 1 aromatic rings. The van der Waals surface area contributed by atoms with Crippen LogP contribution in [-0.2, 0) is 4.74 Å². The van der Waals surface area contributed by atoms with E-state index in [0.29, 0.717) is 25.4 Å². The summed E-state index contributed by atoms with van der Waals surface area (Å²) in [7, 11) is 0. The van der Waals surface area contributed by atoms with Crippen molar-refractivity contribution in [3.63, 3.8) is 0 Å². The zero-order valence-electron chi connectivity index (χ0n) is 11.6. The van der Waals surface area contributed by atoms with Crippen molar-refractivity contribution in [1.82, 2.24) is 4.90 Å². The Kier molecular flexibility index (Phi) is 4.65. The summed E-state index contributed by atoms with van der Waals surface area (Å²) in [5.41, 5.74) is 6.44. The van der Waals surface area contributed by atoms with Crippen molar-refractivity contribution in [2.45, 2.75) is 25.8 Å². The number of piperidine rings is 1. The molecule has 5 nitrogen and oxygen atoms in total. The summed E-state index contributed by atoms with van der Waals surface area (Å²) in [6.07, 6.45) is 1.31. The van der Waals surface area contributed by atoms with Gasteiger partial charge in [0.2, 0.25) is 0 Å². The van der Waals surface area contributed by atoms with Gasteiger partial charge in [0.15, 0.2) is 0 Å². The first kappa shape index (κ1) is 14.4. The summed E-state index contributed by atoms with van der Waals surface area (Å²) < 4.78 is 18.3. The lowest BCUT2D eigenvalue weighted by molar-refractivity contribution is 0.0983. The first-order chi connectivity index (χ1) is 9.61. The molecule has 0 aromatic heterocycles. The molecule has 0 radical (unpaired) electrons. The van der Waals surface area contributed by atoms with Crippen LogP contribution >= 0.6 is 0 Å². The largest absolute Gasteiger partial charge is 0.450 e. The molecule has 0 unspecified atom stereocenters. The van der Waals surface area contributed by atoms with Gasteiger partial charge in [0.1, 0.15) is 5.82 Å². The number of halogens is 1. The number of ether oxygens (including phenoxy) is 1. The molecule has 1 fully saturated rings. The Balaban J connectivity index is 1.88. The predicted octanol–water partition coefficient (Wildman–Crippen LogP) is 2.44. The Hall–Kier alpha value is -1.98. The van der Waals surface area contributed by atoms with Crippen LogP contribution in [0.5, 0.6) is 0 Å². The molecule has 1 aromatic carbocycles. The highest BCUT2D eigenvalue weighted by Gasteiger charge is 2.23. The molecular formula is C14H20FN3O2. The highest BCUT2D eigenvalue weighted by atomic mass is 19.1. The third-order valence-corrected chi connectivity index (χ3v) is 3.43. The number of rotatable bonds is 3. The van der Waals surface area contributed by atoms with E-state index in [2.05, 4.69) is 5.32 Å². The number of nitrogen functional groups attached to an aromatic ring is 1. The highest BCUT2D eigenvalue weighted by Crippen LogP contribution is 2.24. The van der Waals surface area contributed by atoms with Crippen molar-refractivity contribution >= 4 is 17.5 Å². The number of para-hydroxylation sites is 1. The molecule has 1 aliphatic heterocycles. The van der Waals surface area contributed by atoms with Crippen LogP contribution in [0.2, 0.25) is 0 Å². The number of nitrogens with two attached hydrogens (primary N) is 1. The zero-order chi connectivity index (χ0) is 14.5. The number of hydrogen-bond acceptors (Lipinski definition) is 4. The molecule has 0 aliphatic carbocycles. The number of amides is 1. The molecule has 1 amide bonds. The third kappa shape index (κ3) is 3.31. The van der Waals surface area contributed by atoms with Gasteiger partial charge in [0.25, 0.3) is 0 Å². The Morgan fingerprint density at radius 3 is 2.85 bits per heavy atom. The van der Waals surface area contributed by atoms with E-state index in [1.165, 1.54) is 6.07 Å². The third-order valence-electron chi connectivity index (χ3n) is 3.43. The Labute approximate surface area is 117 Å². The number of carbonyl (C=O) groups excluding carboxylic acids is 1. The summed E-state index contributed by atoms with van der Waals surface area (Å²) in [4.78, 5) is 13.3. The lowest BCUT2D eigenvalue weighted by Crippen LogP contribution is -2.42. The lowest BCUT2D eigenvalue weighted by Gasteiger charge is -2.32. The van der Waals surface area contributed by atoms with E-state index in [-0.39, 0.29) is 17.8 Å². The molecule has 1 saturated heterocycles. The maximum absolute atomic E-state index is 13.4. The molecule has 3 N–H and O–H groups in total. The van der Waals surface area contributed by atoms with Crippen molar-refractivity contribution in [3.05, 3.63) is 24.0 Å². The maximum atomic E-state index is 13.4. The monoisotopic (exact) mass is 281 g/mol. The van der Waals surface area contributed by atoms with Gasteiger partial charge in [0, 0.05) is 19.1 Å². The minimum Gasteiger partial charge on any atom is -0.450 e. The zero-order valence-corrected chi connectivity index (χ0v) is 11.6. The molecule has 1 aliphatic rings. The molecular weight excluding hydrogens is 261 g/mol. The van der Waals surface area contributed by atoms with Crippen LogP contribution in [0.3, 0.4) is 0 Å². The van der Waals surface area contributed by atoms with E-state index in [9.17, 15) is 9.18 Å². The molecule has 0 atom stereocenters. The van der Waals surface area contributed by atoms with E-state index in [1.807, 2.05) is 0 Å². The molecule has 6 heteroatoms. The van der Waals surface area contributed by atoms with Gasteiger partial charge in [-0.1, -0.05) is 6.07 Å². The van der Waals surface area contributed by atoms with Gasteiger partial charge in [-0.05, 0) is 31.9 Å². The Morgan fingerprint density at radius 1 is 1.50 bits per heavy atom. The molecule has 110 valence electrons. The van der Waals surface area contributed by atoms with Crippen molar-refractivity contribution in [2.24, 2.45) is 0 Å². The first-order valence-corrected chi connectivity index (χ1v) is 6.84. The minimum absolute atomic E-state index is 0.139. The SMILES string of the molecule is CCOC(=O)N1CCC(Nc2cccc(F)c2N)CC1. The van der Waals surface area contributed by atoms with Crippen LogP contribution in [0.15, 0.2) is 18.2 Å². The van der Waals surface area contributed by atoms with Crippen LogP contribution in [-0.4, -0.2) is 36.7 Å². The molecule has 20 heavy (non-hydrogen) atoms.